The monoisotopic (exact) mass is 633 g/mol. The number of benzene rings is 1. The molecule has 0 aliphatic rings. The van der Waals surface area contributed by atoms with Crippen molar-refractivity contribution < 1.29 is 48.0 Å². The molecule has 0 fully saturated rings. The quantitative estimate of drug-likeness (QED) is 0.0775. The molecule has 1 aromatic heterocycles. The van der Waals surface area contributed by atoms with Gasteiger partial charge >= 0.3 is 21.3 Å². The van der Waals surface area contributed by atoms with E-state index in [0.717, 1.165) is 26.1 Å². The van der Waals surface area contributed by atoms with Crippen LogP contribution in [0.25, 0.3) is 10.9 Å². The zero-order valence-corrected chi connectivity index (χ0v) is 25.3. The van der Waals surface area contributed by atoms with E-state index < -0.39 is 44.1 Å². The van der Waals surface area contributed by atoms with Gasteiger partial charge in [-0.2, -0.15) is 0 Å². The molecule has 0 aliphatic carbocycles. The number of rotatable bonds is 16. The molecule has 42 heavy (non-hydrogen) atoms. The molecule has 0 radical (unpaired) electrons. The van der Waals surface area contributed by atoms with Crippen LogP contribution in [-0.2, 0) is 18.7 Å². The number of hydrogen-bond donors (Lipinski definition) is 5. The summed E-state index contributed by atoms with van der Waals surface area (Å²) in [5.41, 5.74) is -2.12. The molecule has 1 unspecified atom stereocenters. The third-order valence-corrected chi connectivity index (χ3v) is 9.84. The van der Waals surface area contributed by atoms with E-state index in [0.29, 0.717) is 23.0 Å². The molecule has 2 amide bonds. The summed E-state index contributed by atoms with van der Waals surface area (Å²) in [6.45, 7) is 8.21. The van der Waals surface area contributed by atoms with Crippen LogP contribution >= 0.6 is 15.2 Å². The van der Waals surface area contributed by atoms with E-state index in [1.54, 1.807) is 11.4 Å². The molecule has 1 heterocycles. The number of nitrogens with zero attached hydrogens (tertiary/aromatic N) is 4. The molecule has 5 N–H and O–H groups in total. The standard InChI is InChI=1S/C24H37N5O11P2/c1-4-27(5-2)14-6-8-17(3)28(21-12-13-25-20-16-18(29(32)33)10-11-19(20)21)24(31)40-15-7-9-22(30)26-23(41(34,35)36)42(37,38)39/h10-13,16-17,23H,4-9,14-15H2,1-3H3,(H,26,30)(H2,34,35,36)(H2,37,38,39). The number of hydrogen-bond acceptors (Lipinski definition) is 9. The Bertz CT molecular complexity index is 1320. The minimum absolute atomic E-state index is 0.111. The van der Waals surface area contributed by atoms with E-state index in [1.807, 2.05) is 6.92 Å². The normalized spacial score (nSPS) is 12.9. The number of non-ortho nitro benzene ring substituents is 1. The van der Waals surface area contributed by atoms with E-state index in [-0.39, 0.29) is 24.8 Å². The minimum atomic E-state index is -5.35. The number of nitro benzene ring substituents is 1. The first-order chi connectivity index (χ1) is 19.6. The number of ether oxygens (including phenoxy) is 1. The van der Waals surface area contributed by atoms with Crippen LogP contribution in [0.1, 0.15) is 46.5 Å². The number of pyridine rings is 1. The molecule has 1 atom stereocenters. The Labute approximate surface area is 242 Å². The summed E-state index contributed by atoms with van der Waals surface area (Å²) in [5.74, 6) is -1.05. The van der Waals surface area contributed by atoms with Crippen molar-refractivity contribution in [1.29, 1.82) is 0 Å². The summed E-state index contributed by atoms with van der Waals surface area (Å²) >= 11 is 0. The fourth-order valence-corrected chi connectivity index (χ4v) is 6.47. The lowest BCUT2D eigenvalue weighted by molar-refractivity contribution is -0.384. The molecule has 0 spiro atoms. The molecule has 0 saturated carbocycles. The predicted octanol–water partition coefficient (Wildman–Crippen LogP) is 3.13. The molecule has 2 rings (SSSR count). The van der Waals surface area contributed by atoms with Crippen molar-refractivity contribution in [3.05, 3.63) is 40.6 Å². The fraction of sp³-hybridized carbons (Fsp3) is 0.542. The average Bonchev–Trinajstić information content (AvgIpc) is 2.90. The lowest BCUT2D eigenvalue weighted by Gasteiger charge is -2.30. The molecule has 1 aromatic carbocycles. The largest absolute Gasteiger partial charge is 0.449 e. The first-order valence-corrected chi connectivity index (χ1v) is 16.6. The smallest absolute Gasteiger partial charge is 0.414 e. The van der Waals surface area contributed by atoms with Crippen LogP contribution in [-0.4, -0.2) is 84.2 Å². The molecule has 18 heteroatoms. The molecular formula is C24H37N5O11P2. The summed E-state index contributed by atoms with van der Waals surface area (Å²) in [4.78, 5) is 80.6. The Morgan fingerprint density at radius 2 is 1.74 bits per heavy atom. The van der Waals surface area contributed by atoms with Crippen molar-refractivity contribution in [1.82, 2.24) is 15.2 Å². The van der Waals surface area contributed by atoms with Gasteiger partial charge in [0.2, 0.25) is 11.4 Å². The van der Waals surface area contributed by atoms with E-state index in [2.05, 4.69) is 23.7 Å². The van der Waals surface area contributed by atoms with E-state index >= 15 is 0 Å². The molecule has 0 bridgehead atoms. The van der Waals surface area contributed by atoms with Crippen LogP contribution in [0, 0.1) is 10.1 Å². The number of aromatic nitrogens is 1. The topological polar surface area (TPSA) is 233 Å². The van der Waals surface area contributed by atoms with Gasteiger partial charge in [-0.3, -0.25) is 33.9 Å². The molecular weight excluding hydrogens is 596 g/mol. The first kappa shape index (κ1) is 35.2. The molecule has 2 aromatic rings. The Morgan fingerprint density at radius 3 is 2.31 bits per heavy atom. The van der Waals surface area contributed by atoms with Gasteiger partial charge in [0.25, 0.3) is 5.69 Å². The number of carbonyl (C=O) groups is 2. The zero-order valence-electron chi connectivity index (χ0n) is 23.5. The first-order valence-electron chi connectivity index (χ1n) is 13.2. The van der Waals surface area contributed by atoms with E-state index in [4.69, 9.17) is 24.3 Å². The second kappa shape index (κ2) is 15.5. The highest BCUT2D eigenvalue weighted by Crippen LogP contribution is 2.58. The summed E-state index contributed by atoms with van der Waals surface area (Å²) in [6, 6.07) is 5.33. The second-order valence-corrected chi connectivity index (χ2v) is 13.3. The lowest BCUT2D eigenvalue weighted by Crippen LogP contribution is -2.40. The van der Waals surface area contributed by atoms with Crippen molar-refractivity contribution in [2.45, 2.75) is 58.0 Å². The van der Waals surface area contributed by atoms with Gasteiger partial charge in [0.05, 0.1) is 22.7 Å². The van der Waals surface area contributed by atoms with Crippen LogP contribution < -0.4 is 10.2 Å². The van der Waals surface area contributed by atoms with Crippen molar-refractivity contribution in [2.75, 3.05) is 31.1 Å². The Kier molecular flexibility index (Phi) is 13.0. The summed E-state index contributed by atoms with van der Waals surface area (Å²) in [5, 5.41) is 13.4. The van der Waals surface area contributed by atoms with E-state index in [9.17, 15) is 28.8 Å². The maximum atomic E-state index is 13.4. The zero-order chi connectivity index (χ0) is 31.7. The maximum Gasteiger partial charge on any atom is 0.414 e. The molecule has 234 valence electrons. The highest BCUT2D eigenvalue weighted by atomic mass is 31.2. The van der Waals surface area contributed by atoms with Crippen molar-refractivity contribution in [2.24, 2.45) is 0 Å². The van der Waals surface area contributed by atoms with Gasteiger partial charge in [-0.25, -0.2) is 4.79 Å². The molecule has 16 nitrogen and oxygen atoms in total. The van der Waals surface area contributed by atoms with Crippen molar-refractivity contribution >= 4 is 49.5 Å². The summed E-state index contributed by atoms with van der Waals surface area (Å²) in [7, 11) is -10.7. The fourth-order valence-electron chi connectivity index (χ4n) is 4.28. The van der Waals surface area contributed by atoms with Gasteiger partial charge in [0.1, 0.15) is 0 Å². The van der Waals surface area contributed by atoms with Crippen LogP contribution in [0.5, 0.6) is 0 Å². The second-order valence-electron chi connectivity index (χ2n) is 9.51. The third kappa shape index (κ3) is 10.1. The highest BCUT2D eigenvalue weighted by Gasteiger charge is 2.44. The molecule has 0 saturated heterocycles. The lowest BCUT2D eigenvalue weighted by atomic mass is 10.1. The van der Waals surface area contributed by atoms with E-state index in [1.165, 1.54) is 29.3 Å². The van der Waals surface area contributed by atoms with Crippen molar-refractivity contribution in [3.8, 4) is 0 Å². The number of carbonyl (C=O) groups excluding carboxylic acids is 2. The Morgan fingerprint density at radius 1 is 1.10 bits per heavy atom. The van der Waals surface area contributed by atoms with Crippen molar-refractivity contribution in [3.63, 3.8) is 0 Å². The van der Waals surface area contributed by atoms with Gasteiger partial charge in [-0.05, 0) is 58.0 Å². The van der Waals surface area contributed by atoms with Crippen LogP contribution in [0.4, 0.5) is 16.2 Å². The summed E-state index contributed by atoms with van der Waals surface area (Å²) in [6.07, 6.45) is 1.47. The summed E-state index contributed by atoms with van der Waals surface area (Å²) < 4.78 is 28.2. The number of fused-ring (bicyclic) bond motifs is 1. The third-order valence-electron chi connectivity index (χ3n) is 6.50. The number of nitrogens with one attached hydrogen (secondary N) is 1. The Hall–Kier alpha value is -2.97. The van der Waals surface area contributed by atoms with Crippen LogP contribution in [0.15, 0.2) is 30.5 Å². The Balaban J connectivity index is 2.19. The van der Waals surface area contributed by atoms with Gasteiger partial charge in [0, 0.05) is 36.2 Å². The number of amides is 2. The molecule has 0 aliphatic heterocycles. The average molecular weight is 634 g/mol. The predicted molar refractivity (Wildman–Crippen MR) is 154 cm³/mol. The minimum Gasteiger partial charge on any atom is -0.449 e. The van der Waals surface area contributed by atoms with Gasteiger partial charge < -0.3 is 34.5 Å². The van der Waals surface area contributed by atoms with Gasteiger partial charge in [-0.15, -0.1) is 0 Å². The number of nitro groups is 1. The van der Waals surface area contributed by atoms with Gasteiger partial charge in [0.15, 0.2) is 0 Å². The highest BCUT2D eigenvalue weighted by molar-refractivity contribution is 7.70. The maximum absolute atomic E-state index is 13.4. The number of anilines is 1. The van der Waals surface area contributed by atoms with Gasteiger partial charge in [-0.1, -0.05) is 13.8 Å². The van der Waals surface area contributed by atoms with Crippen LogP contribution in [0.3, 0.4) is 0 Å². The van der Waals surface area contributed by atoms with Crippen LogP contribution in [0.2, 0.25) is 0 Å². The SMILES string of the molecule is CCN(CC)CCCC(C)N(C(=O)OCCCC(=O)NC(P(=O)(O)O)P(=O)(O)O)c1ccnc2cc([N+](=O)[O-])ccc12.